The van der Waals surface area contributed by atoms with Gasteiger partial charge in [0.05, 0.1) is 11.4 Å². The van der Waals surface area contributed by atoms with E-state index in [1.54, 1.807) is 0 Å². The molecule has 0 aromatic carbocycles. The van der Waals surface area contributed by atoms with Crippen LogP contribution in [0.3, 0.4) is 0 Å². The first-order valence-electron chi connectivity index (χ1n) is 7.18. The zero-order chi connectivity index (χ0) is 14.5. The van der Waals surface area contributed by atoms with E-state index in [1.165, 1.54) is 30.3 Å². The Morgan fingerprint density at radius 2 is 2.25 bits per heavy atom. The molecule has 0 atom stereocenters. The summed E-state index contributed by atoms with van der Waals surface area (Å²) >= 11 is 1.38. The van der Waals surface area contributed by atoms with E-state index in [2.05, 4.69) is 11.1 Å². The van der Waals surface area contributed by atoms with Gasteiger partial charge in [-0.15, -0.1) is 0 Å². The Hall–Kier alpha value is -1.23. The smallest absolute Gasteiger partial charge is 0.256 e. The average molecular weight is 294 g/mol. The third kappa shape index (κ3) is 3.66. The van der Waals surface area contributed by atoms with Crippen LogP contribution >= 0.6 is 11.8 Å². The Kier molecular flexibility index (Phi) is 5.29. The number of hydrogen-bond acceptors (Lipinski definition) is 4. The van der Waals surface area contributed by atoms with Gasteiger partial charge in [0.15, 0.2) is 0 Å². The summed E-state index contributed by atoms with van der Waals surface area (Å²) in [6, 6.07) is 0. The van der Waals surface area contributed by atoms with Crippen LogP contribution in [0.25, 0.3) is 0 Å². The molecule has 20 heavy (non-hydrogen) atoms. The van der Waals surface area contributed by atoms with Crippen molar-refractivity contribution < 1.29 is 9.21 Å². The van der Waals surface area contributed by atoms with E-state index in [0.29, 0.717) is 11.0 Å². The number of allylic oxidation sites excluding steroid dienone is 2. The predicted molar refractivity (Wildman–Crippen MR) is 80.6 cm³/mol. The highest BCUT2D eigenvalue weighted by Crippen LogP contribution is 2.24. The van der Waals surface area contributed by atoms with Crippen molar-refractivity contribution in [3.63, 3.8) is 0 Å². The van der Waals surface area contributed by atoms with Gasteiger partial charge >= 0.3 is 0 Å². The molecule has 0 saturated heterocycles. The summed E-state index contributed by atoms with van der Waals surface area (Å²) in [5, 5.41) is 0.585. The third-order valence-electron chi connectivity index (χ3n) is 3.56. The maximum Gasteiger partial charge on any atom is 0.256 e. The van der Waals surface area contributed by atoms with Gasteiger partial charge in [-0.05, 0) is 46.5 Å². The minimum absolute atomic E-state index is 0.138. The second kappa shape index (κ2) is 6.97. The molecule has 0 radical (unpaired) electrons. The van der Waals surface area contributed by atoms with Crippen LogP contribution < -0.4 is 0 Å². The van der Waals surface area contributed by atoms with E-state index in [-0.39, 0.29) is 5.91 Å². The summed E-state index contributed by atoms with van der Waals surface area (Å²) in [6.45, 7) is 6.56. The molecule has 0 saturated carbocycles. The van der Waals surface area contributed by atoms with Crippen LogP contribution in [0.15, 0.2) is 21.4 Å². The number of hydrogen-bond donors (Lipinski definition) is 0. The molecule has 0 aliphatic heterocycles. The molecule has 4 nitrogen and oxygen atoms in total. The van der Waals surface area contributed by atoms with Gasteiger partial charge in [0, 0.05) is 12.2 Å². The first-order valence-corrected chi connectivity index (χ1v) is 8.16. The third-order valence-corrected chi connectivity index (χ3v) is 4.37. The molecule has 0 unspecified atom stereocenters. The van der Waals surface area contributed by atoms with Gasteiger partial charge in [-0.3, -0.25) is 4.79 Å². The van der Waals surface area contributed by atoms with Gasteiger partial charge in [-0.1, -0.05) is 17.8 Å². The molecular formula is C15H22N2O2S. The van der Waals surface area contributed by atoms with Crippen molar-refractivity contribution in [2.75, 3.05) is 12.3 Å². The summed E-state index contributed by atoms with van der Waals surface area (Å²) in [4.78, 5) is 18.5. The van der Waals surface area contributed by atoms with E-state index in [0.717, 1.165) is 30.8 Å². The first-order chi connectivity index (χ1) is 9.61. The van der Waals surface area contributed by atoms with Crippen molar-refractivity contribution in [3.05, 3.63) is 23.2 Å². The van der Waals surface area contributed by atoms with Crippen molar-refractivity contribution in [1.29, 1.82) is 0 Å². The highest BCUT2D eigenvalue weighted by molar-refractivity contribution is 7.99. The average Bonchev–Trinajstić information content (AvgIpc) is 2.78. The monoisotopic (exact) mass is 294 g/mol. The van der Waals surface area contributed by atoms with Gasteiger partial charge in [0.1, 0.15) is 5.76 Å². The molecule has 1 aromatic heterocycles. The summed E-state index contributed by atoms with van der Waals surface area (Å²) < 4.78 is 5.49. The maximum absolute atomic E-state index is 12.3. The fourth-order valence-corrected chi connectivity index (χ4v) is 3.10. The molecule has 1 aliphatic carbocycles. The minimum Gasteiger partial charge on any atom is -0.437 e. The molecule has 1 aliphatic rings. The standard InChI is InChI=1S/C15H22N2O2S/c1-4-17(13-8-6-5-7-9-13)14(18)10-20-15-16-11(2)12(3)19-15/h8H,4-7,9-10H2,1-3H3. The van der Waals surface area contributed by atoms with Crippen LogP contribution in [0, 0.1) is 13.8 Å². The van der Waals surface area contributed by atoms with E-state index >= 15 is 0 Å². The molecule has 2 rings (SSSR count). The SMILES string of the molecule is CCN(C(=O)CSc1nc(C)c(C)o1)C1=CCCCC1. The van der Waals surface area contributed by atoms with Crippen LogP contribution in [0.1, 0.15) is 44.1 Å². The largest absolute Gasteiger partial charge is 0.437 e. The lowest BCUT2D eigenvalue weighted by Gasteiger charge is -2.26. The Bertz CT molecular complexity index is 488. The van der Waals surface area contributed by atoms with Gasteiger partial charge in [0.2, 0.25) is 5.91 Å². The van der Waals surface area contributed by atoms with Crippen LogP contribution in [0.2, 0.25) is 0 Å². The summed E-state index contributed by atoms with van der Waals surface area (Å²) in [5.74, 6) is 1.34. The number of oxazole rings is 1. The number of carbonyl (C=O) groups excluding carboxylic acids is 1. The van der Waals surface area contributed by atoms with E-state index < -0.39 is 0 Å². The van der Waals surface area contributed by atoms with Crippen LogP contribution in [0.5, 0.6) is 0 Å². The van der Waals surface area contributed by atoms with E-state index in [4.69, 9.17) is 4.42 Å². The summed E-state index contributed by atoms with van der Waals surface area (Å²) in [5.41, 5.74) is 2.08. The lowest BCUT2D eigenvalue weighted by atomic mass is 10.0. The number of carbonyl (C=O) groups is 1. The van der Waals surface area contributed by atoms with E-state index in [1.807, 2.05) is 25.7 Å². The van der Waals surface area contributed by atoms with Crippen molar-refractivity contribution in [2.45, 2.75) is 51.7 Å². The quantitative estimate of drug-likeness (QED) is 0.777. The van der Waals surface area contributed by atoms with Crippen molar-refractivity contribution >= 4 is 17.7 Å². The molecule has 1 aromatic rings. The second-order valence-electron chi connectivity index (χ2n) is 4.99. The Labute approximate surface area is 124 Å². The van der Waals surface area contributed by atoms with E-state index in [9.17, 15) is 4.79 Å². The Morgan fingerprint density at radius 1 is 1.45 bits per heavy atom. The zero-order valence-corrected chi connectivity index (χ0v) is 13.3. The number of rotatable bonds is 5. The Morgan fingerprint density at radius 3 is 2.80 bits per heavy atom. The topological polar surface area (TPSA) is 46.3 Å². The fraction of sp³-hybridized carbons (Fsp3) is 0.600. The lowest BCUT2D eigenvalue weighted by Crippen LogP contribution is -2.32. The number of aromatic nitrogens is 1. The normalized spacial score (nSPS) is 15.1. The highest BCUT2D eigenvalue weighted by atomic mass is 32.2. The molecule has 0 spiro atoms. The number of aryl methyl sites for hydroxylation is 2. The van der Waals surface area contributed by atoms with Gasteiger partial charge in [-0.2, -0.15) is 0 Å². The van der Waals surface area contributed by atoms with Gasteiger partial charge < -0.3 is 9.32 Å². The highest BCUT2D eigenvalue weighted by Gasteiger charge is 2.19. The van der Waals surface area contributed by atoms with Crippen molar-refractivity contribution in [1.82, 2.24) is 9.88 Å². The van der Waals surface area contributed by atoms with Crippen LogP contribution in [-0.2, 0) is 4.79 Å². The van der Waals surface area contributed by atoms with Crippen molar-refractivity contribution in [3.8, 4) is 0 Å². The zero-order valence-electron chi connectivity index (χ0n) is 12.4. The molecular weight excluding hydrogens is 272 g/mol. The minimum atomic E-state index is 0.138. The Balaban J connectivity index is 1.94. The van der Waals surface area contributed by atoms with Crippen LogP contribution in [0.4, 0.5) is 0 Å². The molecule has 110 valence electrons. The molecule has 0 N–H and O–H groups in total. The maximum atomic E-state index is 12.3. The number of amides is 1. The van der Waals surface area contributed by atoms with Gasteiger partial charge in [0.25, 0.3) is 5.22 Å². The lowest BCUT2D eigenvalue weighted by molar-refractivity contribution is -0.126. The molecule has 0 fully saturated rings. The molecule has 0 bridgehead atoms. The number of nitrogens with zero attached hydrogens (tertiary/aromatic N) is 2. The number of thioether (sulfide) groups is 1. The summed E-state index contributed by atoms with van der Waals surface area (Å²) in [6.07, 6.45) is 6.72. The molecule has 1 amide bonds. The predicted octanol–water partition coefficient (Wildman–Crippen LogP) is 3.69. The fourth-order valence-electron chi connectivity index (χ4n) is 2.31. The van der Waals surface area contributed by atoms with Crippen molar-refractivity contribution in [2.24, 2.45) is 0 Å². The first kappa shape index (κ1) is 15.2. The molecule has 1 heterocycles. The van der Waals surface area contributed by atoms with Gasteiger partial charge in [-0.25, -0.2) is 4.98 Å². The summed E-state index contributed by atoms with van der Waals surface area (Å²) in [7, 11) is 0. The second-order valence-corrected chi connectivity index (χ2v) is 5.92. The molecule has 5 heteroatoms. The van der Waals surface area contributed by atoms with Crippen LogP contribution in [-0.4, -0.2) is 28.1 Å².